The van der Waals surface area contributed by atoms with E-state index < -0.39 is 0 Å². The first-order valence-electron chi connectivity index (χ1n) is 4.41. The van der Waals surface area contributed by atoms with Crippen molar-refractivity contribution < 1.29 is 9.53 Å². The van der Waals surface area contributed by atoms with Gasteiger partial charge in [-0.1, -0.05) is 12.1 Å². The third-order valence-electron chi connectivity index (χ3n) is 1.87. The summed E-state index contributed by atoms with van der Waals surface area (Å²) in [5.74, 6) is -0.366. The van der Waals surface area contributed by atoms with E-state index in [9.17, 15) is 4.79 Å². The largest absolute Gasteiger partial charge is 0.466 e. The van der Waals surface area contributed by atoms with E-state index in [1.54, 1.807) is 17.4 Å². The van der Waals surface area contributed by atoms with E-state index >= 15 is 0 Å². The van der Waals surface area contributed by atoms with Crippen molar-refractivity contribution in [1.82, 2.24) is 4.98 Å². The summed E-state index contributed by atoms with van der Waals surface area (Å²) in [7, 11) is 1.35. The summed E-state index contributed by atoms with van der Waals surface area (Å²) < 4.78 is 5.61. The number of aromatic nitrogens is 1. The van der Waals surface area contributed by atoms with E-state index in [1.165, 1.54) is 13.2 Å². The Morgan fingerprint density at radius 2 is 2.27 bits per heavy atom. The number of benzene rings is 1. The molecule has 1 aromatic heterocycles. The molecular formula is C11H9NO2S. The highest BCUT2D eigenvalue weighted by Gasteiger charge is 2.00. The van der Waals surface area contributed by atoms with E-state index in [0.29, 0.717) is 0 Å². The zero-order valence-electron chi connectivity index (χ0n) is 8.14. The summed E-state index contributed by atoms with van der Waals surface area (Å²) in [5, 5.41) is 0.807. The highest BCUT2D eigenvalue weighted by Crippen LogP contribution is 2.22. The first-order valence-corrected chi connectivity index (χ1v) is 5.23. The molecule has 0 amide bonds. The fourth-order valence-electron chi connectivity index (χ4n) is 1.17. The van der Waals surface area contributed by atoms with Gasteiger partial charge < -0.3 is 4.74 Å². The summed E-state index contributed by atoms with van der Waals surface area (Å²) in [5.41, 5.74) is 0.951. The Morgan fingerprint density at radius 1 is 1.47 bits per heavy atom. The molecule has 4 heteroatoms. The van der Waals surface area contributed by atoms with Crippen LogP contribution in [0.2, 0.25) is 0 Å². The molecule has 0 saturated carbocycles. The number of ether oxygens (including phenoxy) is 1. The van der Waals surface area contributed by atoms with Gasteiger partial charge in [-0.3, -0.25) is 0 Å². The minimum Gasteiger partial charge on any atom is -0.466 e. The van der Waals surface area contributed by atoms with Gasteiger partial charge in [0, 0.05) is 6.08 Å². The lowest BCUT2D eigenvalue weighted by Gasteiger charge is -1.86. The molecule has 0 saturated heterocycles. The highest BCUT2D eigenvalue weighted by molar-refractivity contribution is 7.19. The summed E-state index contributed by atoms with van der Waals surface area (Å²) in [6.45, 7) is 0. The molecule has 0 aliphatic carbocycles. The average molecular weight is 219 g/mol. The maximum Gasteiger partial charge on any atom is 0.330 e. The maximum absolute atomic E-state index is 10.9. The predicted octanol–water partition coefficient (Wildman–Crippen LogP) is 2.48. The Balaban J connectivity index is 2.29. The van der Waals surface area contributed by atoms with Gasteiger partial charge in [-0.15, -0.1) is 11.3 Å². The van der Waals surface area contributed by atoms with Gasteiger partial charge in [-0.25, -0.2) is 9.78 Å². The van der Waals surface area contributed by atoms with Crippen LogP contribution in [-0.2, 0) is 9.53 Å². The lowest BCUT2D eigenvalue weighted by molar-refractivity contribution is -0.134. The van der Waals surface area contributed by atoms with Gasteiger partial charge in [0.15, 0.2) is 0 Å². The van der Waals surface area contributed by atoms with Gasteiger partial charge in [0.05, 0.1) is 17.3 Å². The van der Waals surface area contributed by atoms with Crippen LogP contribution >= 0.6 is 11.3 Å². The molecule has 0 N–H and O–H groups in total. The number of fused-ring (bicyclic) bond motifs is 1. The van der Waals surface area contributed by atoms with E-state index in [1.807, 2.05) is 24.3 Å². The van der Waals surface area contributed by atoms with Crippen molar-refractivity contribution >= 4 is 33.6 Å². The van der Waals surface area contributed by atoms with Crippen LogP contribution in [0.15, 0.2) is 30.3 Å². The molecular weight excluding hydrogens is 210 g/mol. The van der Waals surface area contributed by atoms with Crippen LogP contribution in [-0.4, -0.2) is 18.1 Å². The standard InChI is InChI=1S/C11H9NO2S/c1-14-11(13)7-6-10-12-8-4-2-3-5-9(8)15-10/h2-7H,1H3/b7-6+. The number of methoxy groups -OCH3 is 1. The van der Waals surface area contributed by atoms with E-state index in [2.05, 4.69) is 9.72 Å². The lowest BCUT2D eigenvalue weighted by Crippen LogP contribution is -1.92. The molecule has 0 spiro atoms. The molecule has 1 aromatic carbocycles. The zero-order valence-corrected chi connectivity index (χ0v) is 8.95. The number of carbonyl (C=O) groups is 1. The first kappa shape index (κ1) is 9.86. The molecule has 0 unspecified atom stereocenters. The monoisotopic (exact) mass is 219 g/mol. The van der Waals surface area contributed by atoms with Crippen molar-refractivity contribution in [2.24, 2.45) is 0 Å². The topological polar surface area (TPSA) is 39.2 Å². The number of rotatable bonds is 2. The third-order valence-corrected chi connectivity index (χ3v) is 2.88. The van der Waals surface area contributed by atoms with Crippen LogP contribution in [0.3, 0.4) is 0 Å². The van der Waals surface area contributed by atoms with E-state index in [0.717, 1.165) is 15.2 Å². The van der Waals surface area contributed by atoms with Crippen molar-refractivity contribution in [2.75, 3.05) is 7.11 Å². The second-order valence-corrected chi connectivity index (χ2v) is 3.94. The second-order valence-electron chi connectivity index (χ2n) is 2.88. The normalized spacial score (nSPS) is 11.0. The zero-order chi connectivity index (χ0) is 10.7. The SMILES string of the molecule is COC(=O)/C=C/c1nc2ccccc2s1. The molecule has 0 aliphatic rings. The Kier molecular flexibility index (Phi) is 2.78. The number of para-hydroxylation sites is 1. The second kappa shape index (κ2) is 4.23. The number of carbonyl (C=O) groups excluding carboxylic acids is 1. The molecule has 15 heavy (non-hydrogen) atoms. The van der Waals surface area contributed by atoms with Crippen LogP contribution in [0, 0.1) is 0 Å². The number of hydrogen-bond acceptors (Lipinski definition) is 4. The molecule has 76 valence electrons. The molecule has 3 nitrogen and oxygen atoms in total. The summed E-state index contributed by atoms with van der Waals surface area (Å²) in [6.07, 6.45) is 3.04. The van der Waals surface area contributed by atoms with Crippen LogP contribution in [0.25, 0.3) is 16.3 Å². The molecule has 0 radical (unpaired) electrons. The van der Waals surface area contributed by atoms with E-state index in [4.69, 9.17) is 0 Å². The Hall–Kier alpha value is -1.68. The number of nitrogens with zero attached hydrogens (tertiary/aromatic N) is 1. The average Bonchev–Trinajstić information content (AvgIpc) is 2.68. The molecule has 0 fully saturated rings. The molecule has 2 rings (SSSR count). The highest BCUT2D eigenvalue weighted by atomic mass is 32.1. The van der Waals surface area contributed by atoms with Crippen molar-refractivity contribution in [3.05, 3.63) is 35.3 Å². The van der Waals surface area contributed by atoms with Crippen LogP contribution in [0.5, 0.6) is 0 Å². The molecule has 0 bridgehead atoms. The molecule has 0 atom stereocenters. The maximum atomic E-state index is 10.9. The summed E-state index contributed by atoms with van der Waals surface area (Å²) in [6, 6.07) is 7.86. The van der Waals surface area contributed by atoms with Crippen LogP contribution in [0.4, 0.5) is 0 Å². The minimum absolute atomic E-state index is 0.366. The summed E-state index contributed by atoms with van der Waals surface area (Å²) >= 11 is 1.54. The fraction of sp³-hybridized carbons (Fsp3) is 0.0909. The van der Waals surface area contributed by atoms with Gasteiger partial charge in [-0.2, -0.15) is 0 Å². The Morgan fingerprint density at radius 3 is 3.00 bits per heavy atom. The van der Waals surface area contributed by atoms with Gasteiger partial charge >= 0.3 is 5.97 Å². The first-order chi connectivity index (χ1) is 7.29. The Labute approximate surface area is 91.0 Å². The van der Waals surface area contributed by atoms with Crippen molar-refractivity contribution in [3.63, 3.8) is 0 Å². The van der Waals surface area contributed by atoms with Crippen LogP contribution < -0.4 is 0 Å². The number of hydrogen-bond donors (Lipinski definition) is 0. The molecule has 2 aromatic rings. The minimum atomic E-state index is -0.366. The quantitative estimate of drug-likeness (QED) is 0.575. The van der Waals surface area contributed by atoms with Gasteiger partial charge in [-0.05, 0) is 18.2 Å². The van der Waals surface area contributed by atoms with Crippen molar-refractivity contribution in [2.45, 2.75) is 0 Å². The van der Waals surface area contributed by atoms with Gasteiger partial charge in [0.2, 0.25) is 0 Å². The lowest BCUT2D eigenvalue weighted by atomic mass is 10.3. The molecule has 1 heterocycles. The van der Waals surface area contributed by atoms with Gasteiger partial charge in [0.25, 0.3) is 0 Å². The Bertz CT molecular complexity index is 483. The van der Waals surface area contributed by atoms with Crippen molar-refractivity contribution in [1.29, 1.82) is 0 Å². The van der Waals surface area contributed by atoms with Crippen molar-refractivity contribution in [3.8, 4) is 0 Å². The number of thiazole rings is 1. The number of esters is 1. The van der Waals surface area contributed by atoms with E-state index in [-0.39, 0.29) is 5.97 Å². The smallest absolute Gasteiger partial charge is 0.330 e. The van der Waals surface area contributed by atoms with Crippen LogP contribution in [0.1, 0.15) is 5.01 Å². The summed E-state index contributed by atoms with van der Waals surface area (Å²) in [4.78, 5) is 15.2. The predicted molar refractivity (Wildman–Crippen MR) is 60.7 cm³/mol. The fourth-order valence-corrected chi connectivity index (χ4v) is 2.04. The molecule has 0 aliphatic heterocycles. The van der Waals surface area contributed by atoms with Gasteiger partial charge in [0.1, 0.15) is 5.01 Å². The third kappa shape index (κ3) is 2.22.